The molecule has 0 saturated heterocycles. The van der Waals surface area contributed by atoms with E-state index in [-0.39, 0.29) is 0 Å². The molecule has 0 aliphatic carbocycles. The first-order chi connectivity index (χ1) is 10.2. The van der Waals surface area contributed by atoms with Gasteiger partial charge in [-0.2, -0.15) is 0 Å². The normalized spacial score (nSPS) is 11.2. The molecule has 3 rings (SSSR count). The Morgan fingerprint density at radius 1 is 1.14 bits per heavy atom. The second kappa shape index (κ2) is 6.04. The van der Waals surface area contributed by atoms with E-state index in [9.17, 15) is 0 Å². The lowest BCUT2D eigenvalue weighted by molar-refractivity contribution is 0.770. The number of aryl methyl sites for hydroxylation is 1. The largest absolute Gasteiger partial charge is 0.307 e. The fraction of sp³-hybridized carbons (Fsp3) is 0.250. The SMILES string of the molecule is CCc1ccc(Cn2c(CCl)nc3cc(Cl)cnc32)cc1. The van der Waals surface area contributed by atoms with Crippen molar-refractivity contribution in [3.05, 3.63) is 58.5 Å². The summed E-state index contributed by atoms with van der Waals surface area (Å²) in [5.74, 6) is 1.15. The van der Waals surface area contributed by atoms with Crippen LogP contribution >= 0.6 is 23.2 Å². The number of benzene rings is 1. The molecular formula is C16H15Cl2N3. The molecule has 3 nitrogen and oxygen atoms in total. The maximum atomic E-state index is 6.01. The molecule has 0 saturated carbocycles. The standard InChI is InChI=1S/C16H15Cl2N3/c1-2-11-3-5-12(6-4-11)10-21-15(8-17)20-14-7-13(18)9-19-16(14)21/h3-7,9H,2,8,10H2,1H3. The Labute approximate surface area is 133 Å². The van der Waals surface area contributed by atoms with E-state index in [0.717, 1.165) is 23.4 Å². The summed E-state index contributed by atoms with van der Waals surface area (Å²) >= 11 is 12.0. The molecule has 0 aliphatic rings. The van der Waals surface area contributed by atoms with Crippen LogP contribution in [0.25, 0.3) is 11.2 Å². The minimum Gasteiger partial charge on any atom is -0.307 e. The second-order valence-electron chi connectivity index (χ2n) is 4.91. The molecule has 0 atom stereocenters. The van der Waals surface area contributed by atoms with Gasteiger partial charge in [0.15, 0.2) is 5.65 Å². The third-order valence-electron chi connectivity index (χ3n) is 3.52. The highest BCUT2D eigenvalue weighted by Gasteiger charge is 2.12. The monoisotopic (exact) mass is 319 g/mol. The van der Waals surface area contributed by atoms with E-state index in [0.29, 0.717) is 17.4 Å². The summed E-state index contributed by atoms with van der Waals surface area (Å²) in [5, 5.41) is 0.584. The van der Waals surface area contributed by atoms with Gasteiger partial charge in [0.2, 0.25) is 0 Å². The first kappa shape index (κ1) is 14.4. The van der Waals surface area contributed by atoms with Crippen LogP contribution in [0.1, 0.15) is 23.9 Å². The zero-order valence-corrected chi connectivity index (χ0v) is 13.2. The van der Waals surface area contributed by atoms with E-state index in [1.54, 1.807) is 6.20 Å². The summed E-state index contributed by atoms with van der Waals surface area (Å²) in [5.41, 5.74) is 4.13. The molecule has 108 valence electrons. The predicted molar refractivity (Wildman–Crippen MR) is 87.0 cm³/mol. The molecule has 1 aromatic carbocycles. The van der Waals surface area contributed by atoms with Crippen molar-refractivity contribution in [2.24, 2.45) is 0 Å². The lowest BCUT2D eigenvalue weighted by Crippen LogP contribution is -2.04. The van der Waals surface area contributed by atoms with Crippen molar-refractivity contribution < 1.29 is 0 Å². The van der Waals surface area contributed by atoms with Crippen LogP contribution in [-0.2, 0) is 18.8 Å². The van der Waals surface area contributed by atoms with Crippen LogP contribution in [-0.4, -0.2) is 14.5 Å². The van der Waals surface area contributed by atoms with Crippen LogP contribution in [0.15, 0.2) is 36.5 Å². The van der Waals surface area contributed by atoms with Gasteiger partial charge in [-0.05, 0) is 23.6 Å². The van der Waals surface area contributed by atoms with Crippen LogP contribution in [0, 0.1) is 0 Å². The van der Waals surface area contributed by atoms with Gasteiger partial charge in [-0.25, -0.2) is 9.97 Å². The fourth-order valence-electron chi connectivity index (χ4n) is 2.36. The van der Waals surface area contributed by atoms with Crippen molar-refractivity contribution in [2.45, 2.75) is 25.8 Å². The average Bonchev–Trinajstić information content (AvgIpc) is 2.85. The lowest BCUT2D eigenvalue weighted by Gasteiger charge is -2.08. The molecule has 0 aliphatic heterocycles. The van der Waals surface area contributed by atoms with Crippen molar-refractivity contribution in [1.82, 2.24) is 14.5 Å². The molecule has 21 heavy (non-hydrogen) atoms. The van der Waals surface area contributed by atoms with E-state index in [2.05, 4.69) is 41.2 Å². The second-order valence-corrected chi connectivity index (χ2v) is 5.62. The Hall–Kier alpha value is -1.58. The first-order valence-corrected chi connectivity index (χ1v) is 7.77. The Morgan fingerprint density at radius 2 is 1.86 bits per heavy atom. The van der Waals surface area contributed by atoms with Gasteiger partial charge in [0.1, 0.15) is 11.3 Å². The van der Waals surface area contributed by atoms with Crippen LogP contribution in [0.4, 0.5) is 0 Å². The quantitative estimate of drug-likeness (QED) is 0.666. The lowest BCUT2D eigenvalue weighted by atomic mass is 10.1. The van der Waals surface area contributed by atoms with Crippen molar-refractivity contribution >= 4 is 34.4 Å². The molecule has 0 bridgehead atoms. The van der Waals surface area contributed by atoms with Crippen LogP contribution in [0.5, 0.6) is 0 Å². The van der Waals surface area contributed by atoms with Gasteiger partial charge in [-0.1, -0.05) is 42.8 Å². The van der Waals surface area contributed by atoms with Gasteiger partial charge in [0.25, 0.3) is 0 Å². The fourth-order valence-corrected chi connectivity index (χ4v) is 2.72. The predicted octanol–water partition coefficient (Wildman–Crippen LogP) is 4.43. The highest BCUT2D eigenvalue weighted by Crippen LogP contribution is 2.20. The van der Waals surface area contributed by atoms with Crippen molar-refractivity contribution in [3.63, 3.8) is 0 Å². The number of nitrogens with zero attached hydrogens (tertiary/aromatic N) is 3. The minimum atomic E-state index is 0.348. The molecule has 2 heterocycles. The van der Waals surface area contributed by atoms with E-state index in [1.165, 1.54) is 11.1 Å². The summed E-state index contributed by atoms with van der Waals surface area (Å²) in [6.07, 6.45) is 2.68. The van der Waals surface area contributed by atoms with Gasteiger partial charge in [-0.15, -0.1) is 11.6 Å². The maximum Gasteiger partial charge on any atom is 0.160 e. The average molecular weight is 320 g/mol. The van der Waals surface area contributed by atoms with Gasteiger partial charge in [-0.3, -0.25) is 0 Å². The highest BCUT2D eigenvalue weighted by atomic mass is 35.5. The number of hydrogen-bond acceptors (Lipinski definition) is 2. The van der Waals surface area contributed by atoms with Gasteiger partial charge >= 0.3 is 0 Å². The summed E-state index contributed by atoms with van der Waals surface area (Å²) in [7, 11) is 0. The molecule has 0 amide bonds. The van der Waals surface area contributed by atoms with Crippen LogP contribution in [0.2, 0.25) is 5.02 Å². The molecule has 0 N–H and O–H groups in total. The molecule has 2 aromatic heterocycles. The molecule has 3 aromatic rings. The van der Waals surface area contributed by atoms with Crippen LogP contribution < -0.4 is 0 Å². The number of rotatable bonds is 4. The molecule has 0 radical (unpaired) electrons. The van der Waals surface area contributed by atoms with Gasteiger partial charge < -0.3 is 4.57 Å². The summed E-state index contributed by atoms with van der Waals surface area (Å²) in [6.45, 7) is 2.86. The molecule has 0 unspecified atom stereocenters. The Balaban J connectivity index is 2.01. The van der Waals surface area contributed by atoms with Crippen molar-refractivity contribution in [3.8, 4) is 0 Å². The van der Waals surface area contributed by atoms with E-state index >= 15 is 0 Å². The number of fused-ring (bicyclic) bond motifs is 1. The number of pyridine rings is 1. The Morgan fingerprint density at radius 3 is 2.52 bits per heavy atom. The van der Waals surface area contributed by atoms with E-state index in [4.69, 9.17) is 23.2 Å². The third kappa shape index (κ3) is 2.89. The molecule has 0 fully saturated rings. The van der Waals surface area contributed by atoms with Crippen molar-refractivity contribution in [2.75, 3.05) is 0 Å². The summed E-state index contributed by atoms with van der Waals surface area (Å²) < 4.78 is 2.04. The van der Waals surface area contributed by atoms with E-state index < -0.39 is 0 Å². The molecule has 0 spiro atoms. The number of hydrogen-bond donors (Lipinski definition) is 0. The zero-order valence-electron chi connectivity index (χ0n) is 11.7. The maximum absolute atomic E-state index is 6.01. The molecular weight excluding hydrogens is 305 g/mol. The minimum absolute atomic E-state index is 0.348. The third-order valence-corrected chi connectivity index (χ3v) is 3.97. The Kier molecular flexibility index (Phi) is 4.13. The van der Waals surface area contributed by atoms with Crippen molar-refractivity contribution in [1.29, 1.82) is 0 Å². The summed E-state index contributed by atoms with van der Waals surface area (Å²) in [6, 6.07) is 10.4. The molecule has 5 heteroatoms. The number of imidazole rings is 1. The zero-order chi connectivity index (χ0) is 14.8. The Bertz CT molecular complexity index is 763. The number of aromatic nitrogens is 3. The van der Waals surface area contributed by atoms with E-state index in [1.807, 2.05) is 10.6 Å². The van der Waals surface area contributed by atoms with Gasteiger partial charge in [0.05, 0.1) is 17.4 Å². The topological polar surface area (TPSA) is 30.7 Å². The van der Waals surface area contributed by atoms with Gasteiger partial charge in [0, 0.05) is 6.20 Å². The smallest absolute Gasteiger partial charge is 0.160 e. The number of alkyl halides is 1. The highest BCUT2D eigenvalue weighted by molar-refractivity contribution is 6.31. The first-order valence-electron chi connectivity index (χ1n) is 6.85. The van der Waals surface area contributed by atoms with Crippen LogP contribution in [0.3, 0.4) is 0 Å². The summed E-state index contributed by atoms with van der Waals surface area (Å²) in [4.78, 5) is 8.90. The number of halogens is 2.